The molecule has 5 heteroatoms. The number of amides is 2. The molecule has 1 saturated heterocycles. The van der Waals surface area contributed by atoms with E-state index in [0.29, 0.717) is 0 Å². The van der Waals surface area contributed by atoms with E-state index in [1.165, 1.54) is 6.92 Å². The van der Waals surface area contributed by atoms with Crippen molar-refractivity contribution in [2.45, 2.75) is 45.8 Å². The lowest BCUT2D eigenvalue weighted by atomic mass is 10.2. The molecule has 0 spiro atoms. The lowest BCUT2D eigenvalue weighted by Gasteiger charge is -2.25. The molecule has 15 heavy (non-hydrogen) atoms. The summed E-state index contributed by atoms with van der Waals surface area (Å²) in [5.74, 6) is -0.729. The molecule has 0 N–H and O–H groups in total. The maximum Gasteiger partial charge on any atom is 0.417 e. The van der Waals surface area contributed by atoms with Crippen molar-refractivity contribution >= 4 is 17.8 Å². The van der Waals surface area contributed by atoms with Crippen molar-refractivity contribution in [1.82, 2.24) is 4.90 Å². The van der Waals surface area contributed by atoms with Crippen molar-refractivity contribution in [3.8, 4) is 0 Å². The summed E-state index contributed by atoms with van der Waals surface area (Å²) in [7, 11) is 0. The molecule has 0 aliphatic carbocycles. The van der Waals surface area contributed by atoms with Crippen LogP contribution in [0.1, 0.15) is 34.1 Å². The van der Waals surface area contributed by atoms with Crippen molar-refractivity contribution in [1.29, 1.82) is 0 Å². The van der Waals surface area contributed by atoms with Crippen LogP contribution in [-0.2, 0) is 14.3 Å². The third kappa shape index (κ3) is 2.55. The molecule has 0 aromatic heterocycles. The van der Waals surface area contributed by atoms with Gasteiger partial charge in [-0.15, -0.1) is 0 Å². The average molecular weight is 213 g/mol. The van der Waals surface area contributed by atoms with Gasteiger partial charge in [-0.25, -0.2) is 9.69 Å². The number of Topliss-reactive ketones (excluding diaryl/α,β-unsaturated/α-hetero) is 1. The van der Waals surface area contributed by atoms with Crippen LogP contribution in [0.3, 0.4) is 0 Å². The van der Waals surface area contributed by atoms with Crippen LogP contribution in [0.25, 0.3) is 0 Å². The number of hydrogen-bond acceptors (Lipinski definition) is 4. The van der Waals surface area contributed by atoms with Gasteiger partial charge in [-0.05, 0) is 27.7 Å². The Labute approximate surface area is 88.4 Å². The Hall–Kier alpha value is -1.39. The van der Waals surface area contributed by atoms with Crippen LogP contribution in [0, 0.1) is 0 Å². The first kappa shape index (κ1) is 11.7. The number of ether oxygens (including phenoxy) is 1. The van der Waals surface area contributed by atoms with Crippen LogP contribution in [0.5, 0.6) is 0 Å². The maximum atomic E-state index is 11.6. The molecular formula is C10H15NO4. The molecule has 1 rings (SSSR count). The molecule has 84 valence electrons. The molecule has 0 unspecified atom stereocenters. The van der Waals surface area contributed by atoms with Gasteiger partial charge in [-0.2, -0.15) is 0 Å². The second kappa shape index (κ2) is 3.64. The zero-order valence-corrected chi connectivity index (χ0v) is 9.36. The summed E-state index contributed by atoms with van der Waals surface area (Å²) in [6.45, 7) is 6.64. The number of nitrogens with zero attached hydrogens (tertiary/aromatic N) is 1. The molecule has 1 heterocycles. The maximum absolute atomic E-state index is 11.6. The molecule has 0 radical (unpaired) electrons. The van der Waals surface area contributed by atoms with Gasteiger partial charge in [0.15, 0.2) is 5.78 Å². The van der Waals surface area contributed by atoms with Crippen molar-refractivity contribution in [2.75, 3.05) is 0 Å². The number of carbonyl (C=O) groups is 3. The van der Waals surface area contributed by atoms with Crippen molar-refractivity contribution in [3.05, 3.63) is 0 Å². The summed E-state index contributed by atoms with van der Waals surface area (Å²) < 4.78 is 5.02. The minimum absolute atomic E-state index is 0.208. The number of carbonyl (C=O) groups excluding carboxylic acids is 3. The second-order valence-corrected chi connectivity index (χ2v) is 4.56. The van der Waals surface area contributed by atoms with E-state index in [-0.39, 0.29) is 12.2 Å². The molecule has 1 aliphatic rings. The minimum Gasteiger partial charge on any atom is -0.443 e. The summed E-state index contributed by atoms with van der Waals surface area (Å²) >= 11 is 0. The molecule has 0 saturated carbocycles. The van der Waals surface area contributed by atoms with E-state index >= 15 is 0 Å². The highest BCUT2D eigenvalue weighted by Gasteiger charge is 2.41. The Morgan fingerprint density at radius 2 is 1.93 bits per heavy atom. The highest BCUT2D eigenvalue weighted by atomic mass is 16.6. The van der Waals surface area contributed by atoms with Gasteiger partial charge in [0.25, 0.3) is 0 Å². The topological polar surface area (TPSA) is 63.7 Å². The number of hydrogen-bond donors (Lipinski definition) is 0. The number of rotatable bonds is 0. The van der Waals surface area contributed by atoms with Gasteiger partial charge in [-0.1, -0.05) is 0 Å². The third-order valence-corrected chi connectivity index (χ3v) is 2.04. The highest BCUT2D eigenvalue weighted by molar-refractivity contribution is 6.13. The molecular weight excluding hydrogens is 198 g/mol. The number of likely N-dealkylation sites (tertiary alicyclic amines) is 1. The minimum atomic E-state index is -0.745. The summed E-state index contributed by atoms with van der Waals surface area (Å²) in [6, 6.07) is -0.702. The molecule has 0 aromatic carbocycles. The van der Waals surface area contributed by atoms with Crippen molar-refractivity contribution < 1.29 is 19.1 Å². The molecule has 1 atom stereocenters. The van der Waals surface area contributed by atoms with Gasteiger partial charge in [0.1, 0.15) is 5.60 Å². The van der Waals surface area contributed by atoms with E-state index in [1.807, 2.05) is 0 Å². The molecule has 0 aromatic rings. The van der Waals surface area contributed by atoms with Gasteiger partial charge in [0.2, 0.25) is 5.91 Å². The van der Waals surface area contributed by atoms with E-state index in [9.17, 15) is 14.4 Å². The third-order valence-electron chi connectivity index (χ3n) is 2.04. The normalized spacial score (nSPS) is 22.1. The fourth-order valence-electron chi connectivity index (χ4n) is 1.31. The van der Waals surface area contributed by atoms with Crippen LogP contribution in [0.4, 0.5) is 4.79 Å². The van der Waals surface area contributed by atoms with Crippen LogP contribution in [-0.4, -0.2) is 34.3 Å². The fraction of sp³-hybridized carbons (Fsp3) is 0.700. The number of ketones is 1. The first-order valence-electron chi connectivity index (χ1n) is 4.80. The van der Waals surface area contributed by atoms with Crippen LogP contribution in [0.2, 0.25) is 0 Å². The summed E-state index contributed by atoms with van der Waals surface area (Å²) in [4.78, 5) is 35.0. The zero-order chi connectivity index (χ0) is 11.8. The van der Waals surface area contributed by atoms with Crippen molar-refractivity contribution in [3.63, 3.8) is 0 Å². The van der Waals surface area contributed by atoms with E-state index in [2.05, 4.69) is 0 Å². The van der Waals surface area contributed by atoms with E-state index in [0.717, 1.165) is 4.90 Å². The second-order valence-electron chi connectivity index (χ2n) is 4.56. The van der Waals surface area contributed by atoms with E-state index < -0.39 is 23.6 Å². The smallest absolute Gasteiger partial charge is 0.417 e. The standard InChI is InChI=1S/C10H15NO4/c1-6-7(12)5-8(13)11(6)9(14)15-10(2,3)4/h6H,5H2,1-4H3/t6-/m0/s1. The van der Waals surface area contributed by atoms with Gasteiger partial charge in [0, 0.05) is 0 Å². The van der Waals surface area contributed by atoms with Crippen LogP contribution < -0.4 is 0 Å². The first-order chi connectivity index (χ1) is 6.72. The monoisotopic (exact) mass is 213 g/mol. The fourth-order valence-corrected chi connectivity index (χ4v) is 1.31. The lowest BCUT2D eigenvalue weighted by molar-refractivity contribution is -0.127. The quantitative estimate of drug-likeness (QED) is 0.565. The van der Waals surface area contributed by atoms with Gasteiger partial charge in [0.05, 0.1) is 12.5 Å². The van der Waals surface area contributed by atoms with Crippen LogP contribution >= 0.6 is 0 Å². The highest BCUT2D eigenvalue weighted by Crippen LogP contribution is 2.18. The largest absolute Gasteiger partial charge is 0.443 e. The molecule has 1 aliphatic heterocycles. The molecule has 1 fully saturated rings. The zero-order valence-electron chi connectivity index (χ0n) is 9.36. The summed E-state index contributed by atoms with van der Waals surface area (Å²) in [5.41, 5.74) is -0.664. The Bertz CT molecular complexity index is 316. The predicted octanol–water partition coefficient (Wildman–Crippen LogP) is 1.11. The van der Waals surface area contributed by atoms with E-state index in [1.54, 1.807) is 20.8 Å². The predicted molar refractivity (Wildman–Crippen MR) is 52.2 cm³/mol. The van der Waals surface area contributed by atoms with Gasteiger partial charge in [-0.3, -0.25) is 9.59 Å². The molecule has 0 bridgehead atoms. The van der Waals surface area contributed by atoms with E-state index in [4.69, 9.17) is 4.74 Å². The Morgan fingerprint density at radius 3 is 2.27 bits per heavy atom. The summed E-state index contributed by atoms with van der Waals surface area (Å²) in [6.07, 6.45) is -0.953. The van der Waals surface area contributed by atoms with Crippen molar-refractivity contribution in [2.24, 2.45) is 0 Å². The Morgan fingerprint density at radius 1 is 1.40 bits per heavy atom. The Kier molecular flexibility index (Phi) is 2.83. The molecule has 5 nitrogen and oxygen atoms in total. The summed E-state index contributed by atoms with van der Waals surface area (Å²) in [5, 5.41) is 0. The number of imide groups is 1. The van der Waals surface area contributed by atoms with Gasteiger partial charge >= 0.3 is 6.09 Å². The van der Waals surface area contributed by atoms with Gasteiger partial charge < -0.3 is 4.74 Å². The Balaban J connectivity index is 2.76. The first-order valence-corrected chi connectivity index (χ1v) is 4.80. The molecule has 2 amide bonds. The SMILES string of the molecule is C[C@H]1C(=O)CC(=O)N1C(=O)OC(C)(C)C. The average Bonchev–Trinajstić information content (AvgIpc) is 2.22. The lowest BCUT2D eigenvalue weighted by Crippen LogP contribution is -2.42. The van der Waals surface area contributed by atoms with Crippen LogP contribution in [0.15, 0.2) is 0 Å².